The molecule has 5 nitrogen and oxygen atoms in total. The topological polar surface area (TPSA) is 69.6 Å². The van der Waals surface area contributed by atoms with Crippen LogP contribution in [0.4, 0.5) is 0 Å². The summed E-state index contributed by atoms with van der Waals surface area (Å²) >= 11 is 0. The summed E-state index contributed by atoms with van der Waals surface area (Å²) in [6.45, 7) is 4.82. The minimum atomic E-state index is 0.00123. The van der Waals surface area contributed by atoms with Gasteiger partial charge in [0.25, 0.3) is 0 Å². The molecule has 5 heteroatoms. The van der Waals surface area contributed by atoms with Gasteiger partial charge in [-0.1, -0.05) is 32.0 Å². The van der Waals surface area contributed by atoms with Gasteiger partial charge in [0.15, 0.2) is 5.82 Å². The van der Waals surface area contributed by atoms with Gasteiger partial charge in [0, 0.05) is 6.42 Å². The third-order valence-corrected chi connectivity index (χ3v) is 2.72. The Labute approximate surface area is 101 Å². The van der Waals surface area contributed by atoms with Gasteiger partial charge in [-0.15, -0.1) is 5.10 Å². The lowest BCUT2D eigenvalue weighted by Crippen LogP contribution is -2.27. The molecular formula is C12H17N5. The molecule has 0 atom stereocenters. The number of tetrazole rings is 1. The normalized spacial score (nSPS) is 11.7. The minimum Gasteiger partial charge on any atom is -0.330 e. The Kier molecular flexibility index (Phi) is 3.19. The molecular weight excluding hydrogens is 214 g/mol. The summed E-state index contributed by atoms with van der Waals surface area (Å²) in [5, 5.41) is 11.8. The van der Waals surface area contributed by atoms with Crippen LogP contribution in [0.5, 0.6) is 0 Å². The van der Waals surface area contributed by atoms with Crippen LogP contribution in [0.15, 0.2) is 30.3 Å². The molecule has 0 amide bonds. The Balaban J connectivity index is 2.30. The van der Waals surface area contributed by atoms with E-state index in [0.717, 1.165) is 17.9 Å². The zero-order valence-electron chi connectivity index (χ0n) is 10.2. The van der Waals surface area contributed by atoms with Gasteiger partial charge in [-0.2, -0.15) is 4.68 Å². The molecule has 2 N–H and O–H groups in total. The van der Waals surface area contributed by atoms with Crippen molar-refractivity contribution in [2.45, 2.75) is 20.3 Å². The second-order valence-corrected chi connectivity index (χ2v) is 4.89. The molecule has 0 spiro atoms. The van der Waals surface area contributed by atoms with E-state index in [0.29, 0.717) is 6.54 Å². The average Bonchev–Trinajstić information content (AvgIpc) is 2.77. The van der Waals surface area contributed by atoms with Crippen LogP contribution in [0.1, 0.15) is 19.7 Å². The Morgan fingerprint density at radius 3 is 2.59 bits per heavy atom. The maximum absolute atomic E-state index is 5.73. The second kappa shape index (κ2) is 4.63. The van der Waals surface area contributed by atoms with Gasteiger partial charge in [0.05, 0.1) is 5.69 Å². The molecule has 2 rings (SSSR count). The van der Waals surface area contributed by atoms with Crippen LogP contribution in [-0.4, -0.2) is 26.8 Å². The van der Waals surface area contributed by atoms with Crippen LogP contribution in [0, 0.1) is 5.41 Å². The van der Waals surface area contributed by atoms with Crippen molar-refractivity contribution < 1.29 is 0 Å². The molecule has 1 aromatic carbocycles. The summed E-state index contributed by atoms with van der Waals surface area (Å²) in [5.41, 5.74) is 6.71. The highest BCUT2D eigenvalue weighted by molar-refractivity contribution is 5.30. The lowest BCUT2D eigenvalue weighted by Gasteiger charge is -2.21. The van der Waals surface area contributed by atoms with Crippen LogP contribution < -0.4 is 5.73 Å². The number of para-hydroxylation sites is 1. The van der Waals surface area contributed by atoms with Crippen molar-refractivity contribution in [2.75, 3.05) is 6.54 Å². The maximum atomic E-state index is 5.73. The lowest BCUT2D eigenvalue weighted by atomic mass is 9.89. The van der Waals surface area contributed by atoms with Crippen LogP contribution in [-0.2, 0) is 6.42 Å². The quantitative estimate of drug-likeness (QED) is 0.858. The molecule has 0 aliphatic carbocycles. The largest absolute Gasteiger partial charge is 0.330 e. The van der Waals surface area contributed by atoms with E-state index in [1.165, 1.54) is 0 Å². The van der Waals surface area contributed by atoms with Crippen molar-refractivity contribution in [1.82, 2.24) is 20.2 Å². The smallest absolute Gasteiger partial charge is 0.157 e. The first-order valence-corrected chi connectivity index (χ1v) is 5.65. The summed E-state index contributed by atoms with van der Waals surface area (Å²) < 4.78 is 1.76. The number of hydrogen-bond acceptors (Lipinski definition) is 4. The zero-order chi connectivity index (χ0) is 12.3. The molecule has 0 aliphatic heterocycles. The third kappa shape index (κ3) is 2.68. The van der Waals surface area contributed by atoms with Crippen LogP contribution in [0.25, 0.3) is 5.69 Å². The molecule has 0 bridgehead atoms. The molecule has 0 aliphatic rings. The molecule has 0 saturated heterocycles. The number of aromatic nitrogens is 4. The fourth-order valence-electron chi connectivity index (χ4n) is 1.59. The van der Waals surface area contributed by atoms with Gasteiger partial charge in [-0.3, -0.25) is 0 Å². The number of nitrogens with zero attached hydrogens (tertiary/aromatic N) is 4. The highest BCUT2D eigenvalue weighted by atomic mass is 15.5. The van der Waals surface area contributed by atoms with Crippen molar-refractivity contribution in [1.29, 1.82) is 0 Å². The molecule has 1 aromatic heterocycles. The summed E-state index contributed by atoms with van der Waals surface area (Å²) in [7, 11) is 0. The summed E-state index contributed by atoms with van der Waals surface area (Å²) in [5.74, 6) is 0.839. The van der Waals surface area contributed by atoms with Crippen molar-refractivity contribution in [3.8, 4) is 5.69 Å². The van der Waals surface area contributed by atoms with E-state index in [9.17, 15) is 0 Å². The van der Waals surface area contributed by atoms with Gasteiger partial charge < -0.3 is 5.73 Å². The lowest BCUT2D eigenvalue weighted by molar-refractivity contribution is 0.364. The van der Waals surface area contributed by atoms with Crippen molar-refractivity contribution >= 4 is 0 Å². The van der Waals surface area contributed by atoms with E-state index in [1.807, 2.05) is 30.3 Å². The molecule has 0 saturated carbocycles. The van der Waals surface area contributed by atoms with E-state index in [2.05, 4.69) is 29.4 Å². The van der Waals surface area contributed by atoms with Crippen molar-refractivity contribution in [2.24, 2.45) is 11.1 Å². The summed E-state index contributed by atoms with van der Waals surface area (Å²) in [4.78, 5) is 0. The van der Waals surface area contributed by atoms with Gasteiger partial charge in [-0.25, -0.2) is 0 Å². The van der Waals surface area contributed by atoms with E-state index in [1.54, 1.807) is 4.68 Å². The first-order valence-electron chi connectivity index (χ1n) is 5.65. The Morgan fingerprint density at radius 2 is 1.94 bits per heavy atom. The molecule has 1 heterocycles. The average molecular weight is 231 g/mol. The molecule has 0 radical (unpaired) electrons. The highest BCUT2D eigenvalue weighted by Crippen LogP contribution is 2.19. The monoisotopic (exact) mass is 231 g/mol. The van der Waals surface area contributed by atoms with E-state index in [4.69, 9.17) is 5.73 Å². The van der Waals surface area contributed by atoms with Gasteiger partial charge >= 0.3 is 0 Å². The third-order valence-electron chi connectivity index (χ3n) is 2.72. The number of nitrogens with two attached hydrogens (primary N) is 1. The second-order valence-electron chi connectivity index (χ2n) is 4.89. The fourth-order valence-corrected chi connectivity index (χ4v) is 1.59. The predicted octanol–water partition coefficient (Wildman–Crippen LogP) is 1.19. The minimum absolute atomic E-state index is 0.00123. The zero-order valence-corrected chi connectivity index (χ0v) is 10.2. The Morgan fingerprint density at radius 1 is 1.24 bits per heavy atom. The molecule has 0 fully saturated rings. The first-order chi connectivity index (χ1) is 8.12. The predicted molar refractivity (Wildman–Crippen MR) is 65.7 cm³/mol. The molecule has 17 heavy (non-hydrogen) atoms. The fraction of sp³-hybridized carbons (Fsp3) is 0.417. The van der Waals surface area contributed by atoms with Crippen LogP contribution in [0.3, 0.4) is 0 Å². The molecule has 0 unspecified atom stereocenters. The van der Waals surface area contributed by atoms with Crippen molar-refractivity contribution in [3.05, 3.63) is 36.2 Å². The first kappa shape index (κ1) is 11.7. The number of rotatable bonds is 4. The Bertz CT molecular complexity index is 475. The summed E-state index contributed by atoms with van der Waals surface area (Å²) in [6, 6.07) is 9.87. The number of benzene rings is 1. The van der Waals surface area contributed by atoms with E-state index in [-0.39, 0.29) is 5.41 Å². The van der Waals surface area contributed by atoms with E-state index >= 15 is 0 Å². The Hall–Kier alpha value is -1.75. The van der Waals surface area contributed by atoms with Crippen LogP contribution >= 0.6 is 0 Å². The highest BCUT2D eigenvalue weighted by Gasteiger charge is 2.20. The van der Waals surface area contributed by atoms with Crippen molar-refractivity contribution in [3.63, 3.8) is 0 Å². The standard InChI is InChI=1S/C12H17N5/c1-12(2,9-13)8-11-14-15-16-17(11)10-6-4-3-5-7-10/h3-7H,8-9,13H2,1-2H3. The van der Waals surface area contributed by atoms with Crippen LogP contribution in [0.2, 0.25) is 0 Å². The maximum Gasteiger partial charge on any atom is 0.157 e. The summed E-state index contributed by atoms with van der Waals surface area (Å²) in [6.07, 6.45) is 0.755. The van der Waals surface area contributed by atoms with Gasteiger partial charge in [0.2, 0.25) is 0 Å². The number of hydrogen-bond donors (Lipinski definition) is 1. The van der Waals surface area contributed by atoms with Gasteiger partial charge in [-0.05, 0) is 34.5 Å². The van der Waals surface area contributed by atoms with Gasteiger partial charge in [0.1, 0.15) is 0 Å². The molecule has 2 aromatic rings. The molecule has 90 valence electrons. The SMILES string of the molecule is CC(C)(CN)Cc1nnnn1-c1ccccc1. The van der Waals surface area contributed by atoms with E-state index < -0.39 is 0 Å².